The Morgan fingerprint density at radius 3 is 2.26 bits per heavy atom. The predicted octanol–water partition coefficient (Wildman–Crippen LogP) is 3.91. The van der Waals surface area contributed by atoms with Crippen molar-refractivity contribution in [3.63, 3.8) is 0 Å². The molecule has 1 aromatic rings. The Balaban J connectivity index is 3.08. The minimum atomic E-state index is -4.37. The van der Waals surface area contributed by atoms with Crippen LogP contribution in [0.2, 0.25) is 0 Å². The Hall–Kier alpha value is -1.23. The van der Waals surface area contributed by atoms with Gasteiger partial charge >= 0.3 is 6.18 Å². The average molecular weight is 274 g/mol. The number of nitrogens with two attached hydrogens (primary N) is 1. The second kappa shape index (κ2) is 5.41. The molecule has 0 bridgehead atoms. The number of nitrogen functional groups attached to an aromatic ring is 1. The molecule has 2 N–H and O–H groups in total. The Labute approximate surface area is 112 Å². The lowest BCUT2D eigenvalue weighted by Gasteiger charge is -2.35. The molecular weight excluding hydrogens is 253 g/mol. The molecule has 0 aliphatic rings. The van der Waals surface area contributed by atoms with Crippen molar-refractivity contribution in [2.75, 3.05) is 12.8 Å². The molecule has 0 amide bonds. The van der Waals surface area contributed by atoms with Crippen molar-refractivity contribution in [2.24, 2.45) is 0 Å². The Bertz CT molecular complexity index is 439. The van der Waals surface area contributed by atoms with Gasteiger partial charge in [-0.1, -0.05) is 13.0 Å². The number of alkyl halides is 3. The van der Waals surface area contributed by atoms with Gasteiger partial charge in [0.2, 0.25) is 0 Å². The van der Waals surface area contributed by atoms with Gasteiger partial charge in [-0.15, -0.1) is 0 Å². The van der Waals surface area contributed by atoms with Gasteiger partial charge in [-0.25, -0.2) is 0 Å². The van der Waals surface area contributed by atoms with Crippen molar-refractivity contribution in [3.8, 4) is 0 Å². The zero-order valence-corrected chi connectivity index (χ0v) is 11.8. The maximum absolute atomic E-state index is 13.0. The second-order valence-corrected chi connectivity index (χ2v) is 5.44. The molecule has 5 heteroatoms. The van der Waals surface area contributed by atoms with E-state index in [1.54, 1.807) is 0 Å². The molecule has 19 heavy (non-hydrogen) atoms. The summed E-state index contributed by atoms with van der Waals surface area (Å²) < 4.78 is 38.9. The summed E-state index contributed by atoms with van der Waals surface area (Å²) in [6.07, 6.45) is -3.51. The second-order valence-electron chi connectivity index (χ2n) is 5.44. The number of hydrogen-bond donors (Lipinski definition) is 1. The van der Waals surface area contributed by atoms with Crippen molar-refractivity contribution in [1.29, 1.82) is 0 Å². The minimum absolute atomic E-state index is 0.133. The summed E-state index contributed by atoms with van der Waals surface area (Å²) in [4.78, 5) is 1.92. The van der Waals surface area contributed by atoms with Crippen LogP contribution in [0.1, 0.15) is 38.3 Å². The molecular formula is C14H21F3N2. The molecule has 0 spiro atoms. The van der Waals surface area contributed by atoms with Crippen LogP contribution in [0.3, 0.4) is 0 Å². The fraction of sp³-hybridized carbons (Fsp3) is 0.571. The number of benzene rings is 1. The summed E-state index contributed by atoms with van der Waals surface area (Å²) in [5.74, 6) is 0. The Morgan fingerprint density at radius 2 is 1.79 bits per heavy atom. The molecule has 0 saturated heterocycles. The molecule has 1 aromatic carbocycles. The van der Waals surface area contributed by atoms with Gasteiger partial charge in [-0.3, -0.25) is 4.90 Å². The van der Waals surface area contributed by atoms with Gasteiger partial charge in [0.05, 0.1) is 5.56 Å². The Morgan fingerprint density at radius 1 is 1.21 bits per heavy atom. The first-order valence-electron chi connectivity index (χ1n) is 6.24. The van der Waals surface area contributed by atoms with E-state index < -0.39 is 11.7 Å². The molecule has 0 aromatic heterocycles. The first-order chi connectivity index (χ1) is 8.58. The van der Waals surface area contributed by atoms with Crippen LogP contribution >= 0.6 is 0 Å². The SMILES string of the molecule is CCC(C)(C)N(C)Cc1ccc(N)cc1C(F)(F)F. The van der Waals surface area contributed by atoms with Crippen LogP contribution in [0.25, 0.3) is 0 Å². The number of rotatable bonds is 4. The lowest BCUT2D eigenvalue weighted by Crippen LogP contribution is -2.40. The van der Waals surface area contributed by atoms with E-state index in [0.29, 0.717) is 0 Å². The van der Waals surface area contributed by atoms with E-state index in [2.05, 4.69) is 0 Å². The first kappa shape index (κ1) is 15.8. The number of nitrogens with zero attached hydrogens (tertiary/aromatic N) is 1. The van der Waals surface area contributed by atoms with Crippen LogP contribution in [0.15, 0.2) is 18.2 Å². The monoisotopic (exact) mass is 274 g/mol. The molecule has 0 saturated carbocycles. The van der Waals surface area contributed by atoms with E-state index in [4.69, 9.17) is 5.73 Å². The summed E-state index contributed by atoms with van der Waals surface area (Å²) in [6, 6.07) is 3.97. The standard InChI is InChI=1S/C14H21F3N2/c1-5-13(2,3)19(4)9-10-6-7-11(18)8-12(10)14(15,16)17/h6-8H,5,9,18H2,1-4H3. The van der Waals surface area contributed by atoms with Crippen molar-refractivity contribution in [1.82, 2.24) is 4.90 Å². The topological polar surface area (TPSA) is 29.3 Å². The zero-order chi connectivity index (χ0) is 14.8. The molecule has 0 aliphatic heterocycles. The summed E-state index contributed by atoms with van der Waals surface area (Å²) >= 11 is 0. The van der Waals surface area contributed by atoms with Gasteiger partial charge in [0.1, 0.15) is 0 Å². The molecule has 0 atom stereocenters. The predicted molar refractivity (Wildman–Crippen MR) is 71.7 cm³/mol. The molecule has 2 nitrogen and oxygen atoms in total. The average Bonchev–Trinajstić information content (AvgIpc) is 2.30. The van der Waals surface area contributed by atoms with Crippen LogP contribution in [0.5, 0.6) is 0 Å². The van der Waals surface area contributed by atoms with E-state index in [0.717, 1.165) is 12.5 Å². The molecule has 0 aliphatic carbocycles. The zero-order valence-electron chi connectivity index (χ0n) is 11.8. The van der Waals surface area contributed by atoms with E-state index in [1.807, 2.05) is 32.7 Å². The van der Waals surface area contributed by atoms with E-state index >= 15 is 0 Å². The third kappa shape index (κ3) is 3.86. The summed E-state index contributed by atoms with van der Waals surface area (Å²) in [5.41, 5.74) is 5.05. The smallest absolute Gasteiger partial charge is 0.399 e. The van der Waals surface area contributed by atoms with Gasteiger partial charge in [0, 0.05) is 17.8 Å². The largest absolute Gasteiger partial charge is 0.416 e. The van der Waals surface area contributed by atoms with E-state index in [9.17, 15) is 13.2 Å². The van der Waals surface area contributed by atoms with Gasteiger partial charge in [-0.05, 0) is 45.0 Å². The van der Waals surface area contributed by atoms with E-state index in [-0.39, 0.29) is 23.3 Å². The summed E-state index contributed by atoms with van der Waals surface area (Å²) in [5, 5.41) is 0. The lowest BCUT2D eigenvalue weighted by atomic mass is 9.98. The van der Waals surface area contributed by atoms with Crippen molar-refractivity contribution < 1.29 is 13.2 Å². The fourth-order valence-corrected chi connectivity index (χ4v) is 1.74. The molecule has 0 fully saturated rings. The third-order valence-electron chi connectivity index (χ3n) is 3.75. The highest BCUT2D eigenvalue weighted by Crippen LogP contribution is 2.34. The third-order valence-corrected chi connectivity index (χ3v) is 3.75. The first-order valence-corrected chi connectivity index (χ1v) is 6.24. The fourth-order valence-electron chi connectivity index (χ4n) is 1.74. The van der Waals surface area contributed by atoms with Crippen LogP contribution in [-0.4, -0.2) is 17.5 Å². The van der Waals surface area contributed by atoms with Crippen molar-refractivity contribution in [2.45, 2.75) is 45.5 Å². The number of anilines is 1. The highest BCUT2D eigenvalue weighted by atomic mass is 19.4. The van der Waals surface area contributed by atoms with Gasteiger partial charge in [-0.2, -0.15) is 13.2 Å². The van der Waals surface area contributed by atoms with Crippen molar-refractivity contribution in [3.05, 3.63) is 29.3 Å². The highest BCUT2D eigenvalue weighted by Gasteiger charge is 2.34. The van der Waals surface area contributed by atoms with Crippen LogP contribution in [-0.2, 0) is 12.7 Å². The number of hydrogen-bond acceptors (Lipinski definition) is 2. The Kier molecular flexibility index (Phi) is 4.50. The minimum Gasteiger partial charge on any atom is -0.399 e. The van der Waals surface area contributed by atoms with E-state index in [1.165, 1.54) is 12.1 Å². The van der Waals surface area contributed by atoms with Gasteiger partial charge in [0.25, 0.3) is 0 Å². The number of halogens is 3. The maximum atomic E-state index is 13.0. The van der Waals surface area contributed by atoms with Crippen LogP contribution in [0, 0.1) is 0 Å². The molecule has 108 valence electrons. The van der Waals surface area contributed by atoms with Crippen LogP contribution in [0.4, 0.5) is 18.9 Å². The normalized spacial score (nSPS) is 13.1. The molecule has 0 heterocycles. The lowest BCUT2D eigenvalue weighted by molar-refractivity contribution is -0.138. The van der Waals surface area contributed by atoms with Gasteiger partial charge in [0.15, 0.2) is 0 Å². The molecule has 0 radical (unpaired) electrons. The molecule has 1 rings (SSSR count). The maximum Gasteiger partial charge on any atom is 0.416 e. The summed E-state index contributed by atoms with van der Waals surface area (Å²) in [7, 11) is 1.83. The highest BCUT2D eigenvalue weighted by molar-refractivity contribution is 5.46. The van der Waals surface area contributed by atoms with Crippen LogP contribution < -0.4 is 5.73 Å². The van der Waals surface area contributed by atoms with Crippen molar-refractivity contribution >= 4 is 5.69 Å². The summed E-state index contributed by atoms with van der Waals surface area (Å²) in [6.45, 7) is 6.29. The van der Waals surface area contributed by atoms with Gasteiger partial charge < -0.3 is 5.73 Å². The molecule has 0 unspecified atom stereocenters. The quantitative estimate of drug-likeness (QED) is 0.843.